The zero-order chi connectivity index (χ0) is 16.4. The number of rotatable bonds is 5. The molecule has 6 nitrogen and oxygen atoms in total. The summed E-state index contributed by atoms with van der Waals surface area (Å²) in [6.07, 6.45) is 3.47. The van der Waals surface area contributed by atoms with E-state index in [4.69, 9.17) is 9.26 Å². The van der Waals surface area contributed by atoms with Crippen molar-refractivity contribution in [3.63, 3.8) is 0 Å². The normalized spacial score (nSPS) is 15.2. The second-order valence-electron chi connectivity index (χ2n) is 5.90. The summed E-state index contributed by atoms with van der Waals surface area (Å²) in [4.78, 5) is 10.9. The monoisotopic (exact) mass is 322 g/mol. The van der Waals surface area contributed by atoms with Crippen LogP contribution in [0.15, 0.2) is 53.3 Å². The number of para-hydroxylation sites is 1. The van der Waals surface area contributed by atoms with Crippen molar-refractivity contribution in [2.45, 2.75) is 12.5 Å². The number of benzene rings is 1. The summed E-state index contributed by atoms with van der Waals surface area (Å²) in [5, 5.41) is 4.06. The molecule has 4 rings (SSSR count). The number of hydrogen-bond acceptors (Lipinski definition) is 6. The van der Waals surface area contributed by atoms with E-state index in [-0.39, 0.29) is 5.92 Å². The molecule has 0 atom stereocenters. The van der Waals surface area contributed by atoms with E-state index >= 15 is 0 Å². The molecule has 0 bridgehead atoms. The lowest BCUT2D eigenvalue weighted by Crippen LogP contribution is -2.44. The topological polar surface area (TPSA) is 64.3 Å². The average molecular weight is 322 g/mol. The van der Waals surface area contributed by atoms with Crippen LogP contribution in [0.5, 0.6) is 5.75 Å². The molecule has 0 aliphatic carbocycles. The largest absolute Gasteiger partial charge is 0.496 e. The fourth-order valence-electron chi connectivity index (χ4n) is 2.94. The Labute approximate surface area is 140 Å². The molecule has 0 amide bonds. The number of likely N-dealkylation sites (tertiary alicyclic amines) is 1. The molecule has 1 aromatic carbocycles. The Morgan fingerprint density at radius 1 is 1.21 bits per heavy atom. The fourth-order valence-corrected chi connectivity index (χ4v) is 2.94. The van der Waals surface area contributed by atoms with Gasteiger partial charge in [-0.1, -0.05) is 23.4 Å². The van der Waals surface area contributed by atoms with Crippen molar-refractivity contribution in [1.82, 2.24) is 20.0 Å². The minimum absolute atomic E-state index is 0.289. The van der Waals surface area contributed by atoms with Crippen LogP contribution in [0.3, 0.4) is 0 Å². The molecular weight excluding hydrogens is 304 g/mol. The van der Waals surface area contributed by atoms with Gasteiger partial charge in [-0.2, -0.15) is 4.98 Å². The summed E-state index contributed by atoms with van der Waals surface area (Å²) in [6.45, 7) is 2.68. The van der Waals surface area contributed by atoms with Crippen LogP contribution in [0.4, 0.5) is 0 Å². The van der Waals surface area contributed by atoms with E-state index in [1.54, 1.807) is 19.5 Å². The van der Waals surface area contributed by atoms with Gasteiger partial charge in [0.05, 0.1) is 13.0 Å². The Balaban J connectivity index is 1.39. The van der Waals surface area contributed by atoms with Crippen LogP contribution in [-0.2, 0) is 6.54 Å². The maximum atomic E-state index is 5.43. The highest BCUT2D eigenvalue weighted by molar-refractivity contribution is 5.52. The van der Waals surface area contributed by atoms with E-state index in [1.807, 2.05) is 30.3 Å². The fraction of sp³-hybridized carbons (Fsp3) is 0.278. The van der Waals surface area contributed by atoms with Crippen molar-refractivity contribution in [2.24, 2.45) is 0 Å². The first kappa shape index (κ1) is 14.8. The third-order valence-electron chi connectivity index (χ3n) is 4.25. The Morgan fingerprint density at radius 2 is 2.08 bits per heavy atom. The quantitative estimate of drug-likeness (QED) is 0.720. The lowest BCUT2D eigenvalue weighted by atomic mass is 9.99. The van der Waals surface area contributed by atoms with Crippen molar-refractivity contribution >= 4 is 0 Å². The summed E-state index contributed by atoms with van der Waals surface area (Å²) in [6, 6.07) is 11.9. The maximum absolute atomic E-state index is 5.43. The first-order chi connectivity index (χ1) is 11.8. The lowest BCUT2D eigenvalue weighted by Gasteiger charge is -2.37. The van der Waals surface area contributed by atoms with Gasteiger partial charge >= 0.3 is 0 Å². The Morgan fingerprint density at radius 3 is 2.88 bits per heavy atom. The summed E-state index contributed by atoms with van der Waals surface area (Å²) in [5.74, 6) is 2.52. The number of pyridine rings is 1. The van der Waals surface area contributed by atoms with Crippen molar-refractivity contribution in [1.29, 1.82) is 0 Å². The van der Waals surface area contributed by atoms with E-state index < -0.39 is 0 Å². The van der Waals surface area contributed by atoms with Gasteiger partial charge in [0, 0.05) is 43.2 Å². The molecular formula is C18H18N4O2. The summed E-state index contributed by atoms with van der Waals surface area (Å²) in [5.41, 5.74) is 2.07. The van der Waals surface area contributed by atoms with E-state index in [1.165, 1.54) is 5.56 Å². The van der Waals surface area contributed by atoms with Gasteiger partial charge in [0.25, 0.3) is 0 Å². The van der Waals surface area contributed by atoms with Gasteiger partial charge < -0.3 is 9.26 Å². The Bertz CT molecular complexity index is 813. The van der Waals surface area contributed by atoms with Gasteiger partial charge in [0.2, 0.25) is 11.7 Å². The van der Waals surface area contributed by atoms with Crippen LogP contribution in [0.25, 0.3) is 11.4 Å². The number of hydrogen-bond donors (Lipinski definition) is 0. The molecule has 0 unspecified atom stereocenters. The van der Waals surface area contributed by atoms with Crippen LogP contribution in [0.1, 0.15) is 17.4 Å². The van der Waals surface area contributed by atoms with Crippen molar-refractivity contribution in [3.05, 3.63) is 60.2 Å². The molecule has 122 valence electrons. The summed E-state index contributed by atoms with van der Waals surface area (Å²) < 4.78 is 10.8. The molecule has 1 aliphatic heterocycles. The van der Waals surface area contributed by atoms with Gasteiger partial charge in [0.15, 0.2) is 0 Å². The Kier molecular flexibility index (Phi) is 3.96. The van der Waals surface area contributed by atoms with Gasteiger partial charge in [-0.3, -0.25) is 9.88 Å². The predicted octanol–water partition coefficient (Wildman–Crippen LogP) is 2.74. The van der Waals surface area contributed by atoms with Crippen LogP contribution in [-0.4, -0.2) is 40.2 Å². The van der Waals surface area contributed by atoms with Gasteiger partial charge in [-0.25, -0.2) is 0 Å². The highest BCUT2D eigenvalue weighted by atomic mass is 16.5. The van der Waals surface area contributed by atoms with E-state index in [2.05, 4.69) is 26.1 Å². The number of nitrogens with zero attached hydrogens (tertiary/aromatic N) is 4. The smallest absolute Gasteiger partial charge is 0.232 e. The van der Waals surface area contributed by atoms with Gasteiger partial charge in [0.1, 0.15) is 5.75 Å². The molecule has 0 radical (unpaired) electrons. The zero-order valence-electron chi connectivity index (χ0n) is 13.4. The molecule has 0 N–H and O–H groups in total. The standard InChI is InChI=1S/C18H18N4O2/c1-23-16-7-3-2-5-14(16)10-22-11-15(12-22)18-20-17(21-24-18)13-6-4-8-19-9-13/h2-9,15H,10-12H2,1H3. The number of methoxy groups -OCH3 is 1. The molecule has 1 fully saturated rings. The minimum atomic E-state index is 0.289. The zero-order valence-corrected chi connectivity index (χ0v) is 13.4. The Hall–Kier alpha value is -2.73. The maximum Gasteiger partial charge on any atom is 0.232 e. The van der Waals surface area contributed by atoms with Gasteiger partial charge in [-0.15, -0.1) is 0 Å². The van der Waals surface area contributed by atoms with E-state index in [0.29, 0.717) is 11.7 Å². The number of aromatic nitrogens is 3. The van der Waals surface area contributed by atoms with Crippen LogP contribution in [0.2, 0.25) is 0 Å². The molecule has 1 aliphatic rings. The van der Waals surface area contributed by atoms with Crippen LogP contribution < -0.4 is 4.74 Å². The molecule has 0 saturated carbocycles. The molecule has 3 aromatic rings. The molecule has 1 saturated heterocycles. The highest BCUT2D eigenvalue weighted by Crippen LogP contribution is 2.30. The van der Waals surface area contributed by atoms with Crippen LogP contribution >= 0.6 is 0 Å². The second kappa shape index (κ2) is 6.41. The average Bonchev–Trinajstić information content (AvgIpc) is 3.08. The third kappa shape index (κ3) is 2.88. The van der Waals surface area contributed by atoms with E-state index in [9.17, 15) is 0 Å². The third-order valence-corrected chi connectivity index (χ3v) is 4.25. The van der Waals surface area contributed by atoms with Crippen molar-refractivity contribution < 1.29 is 9.26 Å². The SMILES string of the molecule is COc1ccccc1CN1CC(c2nc(-c3cccnc3)no2)C1. The molecule has 0 spiro atoms. The predicted molar refractivity (Wildman–Crippen MR) is 88.5 cm³/mol. The van der Waals surface area contributed by atoms with Crippen molar-refractivity contribution in [2.75, 3.05) is 20.2 Å². The summed E-state index contributed by atoms with van der Waals surface area (Å²) in [7, 11) is 1.70. The summed E-state index contributed by atoms with van der Waals surface area (Å²) >= 11 is 0. The first-order valence-corrected chi connectivity index (χ1v) is 7.92. The minimum Gasteiger partial charge on any atom is -0.496 e. The molecule has 3 heterocycles. The molecule has 6 heteroatoms. The molecule has 2 aromatic heterocycles. The highest BCUT2D eigenvalue weighted by Gasteiger charge is 2.33. The van der Waals surface area contributed by atoms with Crippen LogP contribution in [0, 0.1) is 0 Å². The lowest BCUT2D eigenvalue weighted by molar-refractivity contribution is 0.116. The molecule has 24 heavy (non-hydrogen) atoms. The van der Waals surface area contributed by atoms with E-state index in [0.717, 1.165) is 30.9 Å². The van der Waals surface area contributed by atoms with Gasteiger partial charge in [-0.05, 0) is 18.2 Å². The second-order valence-corrected chi connectivity index (χ2v) is 5.90. The van der Waals surface area contributed by atoms with Crippen molar-refractivity contribution in [3.8, 4) is 17.1 Å². The first-order valence-electron chi connectivity index (χ1n) is 7.92. The number of ether oxygens (including phenoxy) is 1.